The van der Waals surface area contributed by atoms with E-state index in [4.69, 9.17) is 0 Å². The van der Waals surface area contributed by atoms with E-state index in [1.807, 2.05) is 0 Å². The van der Waals surface area contributed by atoms with Gasteiger partial charge in [-0.05, 0) is 19.1 Å². The number of nitrogens with zero attached hydrogens (tertiary/aromatic N) is 4. The third kappa shape index (κ3) is 2.85. The monoisotopic (exact) mass is 303 g/mol. The summed E-state index contributed by atoms with van der Waals surface area (Å²) in [5, 5.41) is 16.4. The van der Waals surface area contributed by atoms with Crippen molar-refractivity contribution in [2.45, 2.75) is 6.92 Å². The van der Waals surface area contributed by atoms with Crippen molar-refractivity contribution in [1.29, 1.82) is 0 Å². The zero-order chi connectivity index (χ0) is 15.7. The summed E-state index contributed by atoms with van der Waals surface area (Å²) in [6, 6.07) is 4.54. The Morgan fingerprint density at radius 1 is 1.09 bits per heavy atom. The minimum Gasteiger partial charge on any atom is -0.506 e. The van der Waals surface area contributed by atoms with Gasteiger partial charge in [-0.3, -0.25) is 4.98 Å². The average Bonchev–Trinajstić information content (AvgIpc) is 2.90. The molecule has 0 aliphatic carbocycles. The van der Waals surface area contributed by atoms with Crippen molar-refractivity contribution in [1.82, 2.24) is 19.7 Å². The van der Waals surface area contributed by atoms with E-state index < -0.39 is 11.6 Å². The van der Waals surface area contributed by atoms with Crippen LogP contribution >= 0.6 is 0 Å². The Hall–Kier alpha value is -3.03. The second-order valence-corrected chi connectivity index (χ2v) is 4.59. The summed E-state index contributed by atoms with van der Waals surface area (Å²) in [6.07, 6.45) is 2.64. The first kappa shape index (κ1) is 13.9. The zero-order valence-corrected chi connectivity index (χ0v) is 11.5. The lowest BCUT2D eigenvalue weighted by molar-refractivity contribution is 0.472. The van der Waals surface area contributed by atoms with Crippen molar-refractivity contribution >= 4 is 11.6 Å². The first-order valence-electron chi connectivity index (χ1n) is 6.32. The van der Waals surface area contributed by atoms with Gasteiger partial charge in [-0.15, -0.1) is 5.10 Å². The van der Waals surface area contributed by atoms with Gasteiger partial charge in [0, 0.05) is 12.1 Å². The molecule has 2 N–H and O–H groups in total. The molecule has 3 rings (SSSR count). The number of aryl methyl sites for hydroxylation is 1. The lowest BCUT2D eigenvalue weighted by atomic mass is 10.3. The first-order chi connectivity index (χ1) is 10.5. The molecule has 0 radical (unpaired) electrons. The van der Waals surface area contributed by atoms with Crippen molar-refractivity contribution in [2.75, 3.05) is 5.32 Å². The number of rotatable bonds is 3. The molecule has 0 unspecified atom stereocenters. The van der Waals surface area contributed by atoms with Gasteiger partial charge in [0.15, 0.2) is 0 Å². The molecule has 0 aliphatic heterocycles. The smallest absolute Gasteiger partial charge is 0.247 e. The number of benzene rings is 1. The van der Waals surface area contributed by atoms with E-state index in [1.165, 1.54) is 23.3 Å². The van der Waals surface area contributed by atoms with Gasteiger partial charge >= 0.3 is 0 Å². The molecule has 6 nitrogen and oxygen atoms in total. The van der Waals surface area contributed by atoms with Gasteiger partial charge in [0.25, 0.3) is 0 Å². The van der Waals surface area contributed by atoms with Crippen LogP contribution in [0.3, 0.4) is 0 Å². The summed E-state index contributed by atoms with van der Waals surface area (Å²) in [7, 11) is 0. The Balaban J connectivity index is 1.89. The quantitative estimate of drug-likeness (QED) is 0.778. The number of pyridine rings is 1. The average molecular weight is 303 g/mol. The molecule has 0 fully saturated rings. The van der Waals surface area contributed by atoms with Crippen LogP contribution in [-0.4, -0.2) is 24.9 Å². The highest BCUT2D eigenvalue weighted by Gasteiger charge is 2.08. The van der Waals surface area contributed by atoms with Crippen LogP contribution in [0.1, 0.15) is 5.69 Å². The summed E-state index contributed by atoms with van der Waals surface area (Å²) in [4.78, 5) is 7.99. The Bertz CT molecular complexity index is 814. The van der Waals surface area contributed by atoms with Crippen LogP contribution in [-0.2, 0) is 0 Å². The molecule has 2 heterocycles. The molecule has 0 saturated carbocycles. The second kappa shape index (κ2) is 5.40. The highest BCUT2D eigenvalue weighted by atomic mass is 19.1. The predicted octanol–water partition coefficient (Wildman–Crippen LogP) is 2.70. The van der Waals surface area contributed by atoms with E-state index in [0.29, 0.717) is 11.4 Å². The lowest BCUT2D eigenvalue weighted by Gasteiger charge is -2.05. The van der Waals surface area contributed by atoms with Crippen molar-refractivity contribution < 1.29 is 13.9 Å². The van der Waals surface area contributed by atoms with Gasteiger partial charge in [-0.1, -0.05) is 0 Å². The van der Waals surface area contributed by atoms with Gasteiger partial charge < -0.3 is 10.4 Å². The Morgan fingerprint density at radius 3 is 2.55 bits per heavy atom. The van der Waals surface area contributed by atoms with Crippen LogP contribution in [0.5, 0.6) is 5.75 Å². The molecule has 0 spiro atoms. The molecule has 112 valence electrons. The number of halogens is 2. The summed E-state index contributed by atoms with van der Waals surface area (Å²) in [5.41, 5.74) is 1.39. The fourth-order valence-corrected chi connectivity index (χ4v) is 1.89. The number of hydrogen-bond donors (Lipinski definition) is 2. The van der Waals surface area contributed by atoms with Crippen LogP contribution in [0.2, 0.25) is 0 Å². The second-order valence-electron chi connectivity index (χ2n) is 4.59. The van der Waals surface area contributed by atoms with Gasteiger partial charge in [-0.2, -0.15) is 4.98 Å². The number of hydrogen-bond acceptors (Lipinski definition) is 5. The molecule has 8 heteroatoms. The fourth-order valence-electron chi connectivity index (χ4n) is 1.89. The van der Waals surface area contributed by atoms with Crippen LogP contribution in [0.25, 0.3) is 5.69 Å². The largest absolute Gasteiger partial charge is 0.506 e. The molecular formula is C14H11F2N5O. The Labute approximate surface area is 124 Å². The van der Waals surface area contributed by atoms with Crippen LogP contribution in [0.4, 0.5) is 20.4 Å². The third-order valence-corrected chi connectivity index (χ3v) is 2.92. The molecule has 1 aromatic carbocycles. The van der Waals surface area contributed by atoms with Crippen molar-refractivity contribution in [3.8, 4) is 11.4 Å². The molecule has 0 aliphatic rings. The molecule has 22 heavy (non-hydrogen) atoms. The number of aromatic hydroxyl groups is 1. The SMILES string of the molecule is Cc1ncc(O)cc1Nc1ncn(-c2cc(F)cc(F)c2)n1. The minimum atomic E-state index is -0.701. The summed E-state index contributed by atoms with van der Waals surface area (Å²) in [6.45, 7) is 1.75. The van der Waals surface area contributed by atoms with Crippen LogP contribution < -0.4 is 5.32 Å². The lowest BCUT2D eigenvalue weighted by Crippen LogP contribution is -2.00. The zero-order valence-electron chi connectivity index (χ0n) is 11.5. The molecule has 0 amide bonds. The predicted molar refractivity (Wildman–Crippen MR) is 75.2 cm³/mol. The van der Waals surface area contributed by atoms with E-state index >= 15 is 0 Å². The summed E-state index contributed by atoms with van der Waals surface area (Å²) < 4.78 is 27.7. The maximum Gasteiger partial charge on any atom is 0.247 e. The topological polar surface area (TPSA) is 75.9 Å². The van der Waals surface area contributed by atoms with Gasteiger partial charge in [0.1, 0.15) is 23.7 Å². The number of anilines is 2. The van der Waals surface area contributed by atoms with Gasteiger partial charge in [-0.25, -0.2) is 13.5 Å². The fraction of sp³-hybridized carbons (Fsp3) is 0.0714. The van der Waals surface area contributed by atoms with Crippen molar-refractivity contribution in [3.05, 3.63) is 54.1 Å². The number of nitrogens with one attached hydrogen (secondary N) is 1. The Kier molecular flexibility index (Phi) is 3.42. The highest BCUT2D eigenvalue weighted by molar-refractivity contribution is 5.57. The standard InChI is InChI=1S/C14H11F2N5O/c1-8-13(5-12(22)6-17-8)19-14-18-7-21(20-14)11-3-9(15)2-10(16)4-11/h2-7,22H,1H3,(H,19,20). The van der Waals surface area contributed by atoms with Crippen LogP contribution in [0.15, 0.2) is 36.8 Å². The molecular weight excluding hydrogens is 292 g/mol. The third-order valence-electron chi connectivity index (χ3n) is 2.92. The summed E-state index contributed by atoms with van der Waals surface area (Å²) in [5.74, 6) is -1.19. The normalized spacial score (nSPS) is 10.7. The van der Waals surface area contributed by atoms with E-state index in [9.17, 15) is 13.9 Å². The highest BCUT2D eigenvalue weighted by Crippen LogP contribution is 2.21. The van der Waals surface area contributed by atoms with E-state index in [-0.39, 0.29) is 17.4 Å². The molecule has 3 aromatic rings. The minimum absolute atomic E-state index is 0.000246. The van der Waals surface area contributed by atoms with Crippen molar-refractivity contribution in [3.63, 3.8) is 0 Å². The Morgan fingerprint density at radius 2 is 1.82 bits per heavy atom. The van der Waals surface area contributed by atoms with E-state index in [1.54, 1.807) is 6.92 Å². The number of aromatic nitrogens is 4. The first-order valence-corrected chi connectivity index (χ1v) is 6.32. The van der Waals surface area contributed by atoms with E-state index in [0.717, 1.165) is 18.2 Å². The molecule has 0 bridgehead atoms. The maximum atomic E-state index is 13.2. The molecule has 2 aromatic heterocycles. The van der Waals surface area contributed by atoms with Gasteiger partial charge in [0.2, 0.25) is 5.95 Å². The molecule has 0 atom stereocenters. The van der Waals surface area contributed by atoms with Gasteiger partial charge in [0.05, 0.1) is 23.3 Å². The summed E-state index contributed by atoms with van der Waals surface area (Å²) >= 11 is 0. The van der Waals surface area contributed by atoms with Crippen molar-refractivity contribution in [2.24, 2.45) is 0 Å². The molecule has 0 saturated heterocycles. The van der Waals surface area contributed by atoms with E-state index in [2.05, 4.69) is 20.4 Å². The maximum absolute atomic E-state index is 13.2. The van der Waals surface area contributed by atoms with Crippen LogP contribution in [0, 0.1) is 18.6 Å².